The van der Waals surface area contributed by atoms with Crippen LogP contribution in [0.1, 0.15) is 23.9 Å². The number of fused-ring (bicyclic) bond motifs is 1. The van der Waals surface area contributed by atoms with Gasteiger partial charge in [-0.1, -0.05) is 28.9 Å². The number of rotatable bonds is 2. The summed E-state index contributed by atoms with van der Waals surface area (Å²) >= 11 is 5.01. The molecule has 0 saturated heterocycles. The second-order valence-corrected chi connectivity index (χ2v) is 5.76. The Morgan fingerprint density at radius 3 is 2.94 bits per heavy atom. The molecule has 88 valence electrons. The van der Waals surface area contributed by atoms with Gasteiger partial charge in [-0.05, 0) is 23.3 Å². The van der Waals surface area contributed by atoms with Crippen LogP contribution in [0.3, 0.4) is 0 Å². The zero-order valence-corrected chi connectivity index (χ0v) is 11.9. The van der Waals surface area contributed by atoms with E-state index < -0.39 is 0 Å². The van der Waals surface area contributed by atoms with Gasteiger partial charge in [0.05, 0.1) is 0 Å². The van der Waals surface area contributed by atoms with Crippen molar-refractivity contribution < 1.29 is 0 Å². The van der Waals surface area contributed by atoms with E-state index in [-0.39, 0.29) is 0 Å². The van der Waals surface area contributed by atoms with Crippen LogP contribution >= 0.6 is 27.5 Å². The van der Waals surface area contributed by atoms with E-state index >= 15 is 0 Å². The van der Waals surface area contributed by atoms with Gasteiger partial charge in [0, 0.05) is 35.5 Å². The average molecular weight is 310 g/mol. The molecule has 17 heavy (non-hydrogen) atoms. The predicted octanol–water partition coefficient (Wildman–Crippen LogP) is 3.38. The van der Waals surface area contributed by atoms with E-state index in [0.29, 0.717) is 0 Å². The Kier molecular flexibility index (Phi) is 2.88. The van der Waals surface area contributed by atoms with Crippen LogP contribution in [-0.4, -0.2) is 9.36 Å². The lowest BCUT2D eigenvalue weighted by molar-refractivity contribution is 0.861. The summed E-state index contributed by atoms with van der Waals surface area (Å²) in [6, 6.07) is 6.47. The minimum Gasteiger partial charge on any atom is -0.338 e. The zero-order chi connectivity index (χ0) is 11.8. The molecule has 0 radical (unpaired) electrons. The van der Waals surface area contributed by atoms with Crippen LogP contribution in [0.2, 0.25) is 0 Å². The SMILES string of the molecule is CCc1nsc(N2Cc3ccc(Br)cc3C2)n1. The lowest BCUT2D eigenvalue weighted by Crippen LogP contribution is -2.14. The predicted molar refractivity (Wildman–Crippen MR) is 73.3 cm³/mol. The second-order valence-electron chi connectivity index (χ2n) is 4.12. The molecule has 0 spiro atoms. The molecule has 2 heterocycles. The number of aryl methyl sites for hydroxylation is 1. The lowest BCUT2D eigenvalue weighted by atomic mass is 10.1. The topological polar surface area (TPSA) is 29.0 Å². The summed E-state index contributed by atoms with van der Waals surface area (Å²) in [7, 11) is 0. The first-order chi connectivity index (χ1) is 8.26. The quantitative estimate of drug-likeness (QED) is 0.851. The molecule has 0 N–H and O–H groups in total. The summed E-state index contributed by atoms with van der Waals surface area (Å²) in [6.45, 7) is 3.97. The summed E-state index contributed by atoms with van der Waals surface area (Å²) in [4.78, 5) is 6.82. The fraction of sp³-hybridized carbons (Fsp3) is 0.333. The van der Waals surface area contributed by atoms with Gasteiger partial charge in [0.25, 0.3) is 0 Å². The lowest BCUT2D eigenvalue weighted by Gasteiger charge is -2.11. The third kappa shape index (κ3) is 2.09. The summed E-state index contributed by atoms with van der Waals surface area (Å²) in [5.41, 5.74) is 2.77. The molecule has 1 aromatic heterocycles. The third-order valence-corrected chi connectivity index (χ3v) is 4.24. The van der Waals surface area contributed by atoms with Gasteiger partial charge in [-0.15, -0.1) is 0 Å². The second kappa shape index (κ2) is 4.38. The van der Waals surface area contributed by atoms with Crippen LogP contribution in [0.5, 0.6) is 0 Å². The Hall–Kier alpha value is -0.940. The van der Waals surface area contributed by atoms with Gasteiger partial charge in [-0.3, -0.25) is 0 Å². The molecule has 0 fully saturated rings. The van der Waals surface area contributed by atoms with E-state index in [2.05, 4.69) is 55.3 Å². The minimum atomic E-state index is 0.906. The number of aromatic nitrogens is 2. The highest BCUT2D eigenvalue weighted by Gasteiger charge is 2.21. The number of hydrogen-bond donors (Lipinski definition) is 0. The van der Waals surface area contributed by atoms with Gasteiger partial charge in [-0.2, -0.15) is 4.37 Å². The normalized spacial score (nSPS) is 14.1. The molecule has 1 aromatic carbocycles. The van der Waals surface area contributed by atoms with Gasteiger partial charge in [0.1, 0.15) is 5.82 Å². The zero-order valence-electron chi connectivity index (χ0n) is 9.48. The molecule has 0 bridgehead atoms. The first-order valence-corrected chi connectivity index (χ1v) is 7.17. The van der Waals surface area contributed by atoms with E-state index in [4.69, 9.17) is 0 Å². The molecule has 0 atom stereocenters. The highest BCUT2D eigenvalue weighted by molar-refractivity contribution is 9.10. The van der Waals surface area contributed by atoms with E-state index in [1.165, 1.54) is 22.7 Å². The van der Waals surface area contributed by atoms with Crippen molar-refractivity contribution in [3.8, 4) is 0 Å². The maximum Gasteiger partial charge on any atom is 0.205 e. The molecular formula is C12H12BrN3S. The van der Waals surface area contributed by atoms with E-state index in [1.54, 1.807) is 0 Å². The summed E-state index contributed by atoms with van der Waals surface area (Å²) in [5, 5.41) is 1.04. The largest absolute Gasteiger partial charge is 0.338 e. The Bertz CT molecular complexity index is 552. The number of hydrogen-bond acceptors (Lipinski definition) is 4. The highest BCUT2D eigenvalue weighted by atomic mass is 79.9. The molecular weight excluding hydrogens is 298 g/mol. The Morgan fingerprint density at radius 1 is 1.35 bits per heavy atom. The van der Waals surface area contributed by atoms with E-state index in [9.17, 15) is 0 Å². The summed E-state index contributed by atoms with van der Waals surface area (Å²) in [5.74, 6) is 0.946. The van der Waals surface area contributed by atoms with Gasteiger partial charge in [-0.25, -0.2) is 4.98 Å². The highest BCUT2D eigenvalue weighted by Crippen LogP contribution is 2.30. The van der Waals surface area contributed by atoms with Gasteiger partial charge in [0.15, 0.2) is 0 Å². The smallest absolute Gasteiger partial charge is 0.205 e. The van der Waals surface area contributed by atoms with Crippen molar-refractivity contribution in [2.75, 3.05) is 4.90 Å². The van der Waals surface area contributed by atoms with Gasteiger partial charge < -0.3 is 4.90 Å². The first kappa shape index (κ1) is 11.2. The van der Waals surface area contributed by atoms with E-state index in [1.807, 2.05) is 0 Å². The monoisotopic (exact) mass is 309 g/mol. The molecule has 2 aromatic rings. The molecule has 3 rings (SSSR count). The van der Waals surface area contributed by atoms with Crippen molar-refractivity contribution >= 4 is 32.6 Å². The standard InChI is InChI=1S/C12H12BrN3S/c1-2-11-14-12(17-15-11)16-6-8-3-4-10(13)5-9(8)7-16/h3-5H,2,6-7H2,1H3. The van der Waals surface area contributed by atoms with Gasteiger partial charge in [0.2, 0.25) is 5.13 Å². The first-order valence-electron chi connectivity index (χ1n) is 5.61. The van der Waals surface area contributed by atoms with Crippen molar-refractivity contribution in [1.29, 1.82) is 0 Å². The molecule has 0 amide bonds. The van der Waals surface area contributed by atoms with Crippen LogP contribution in [-0.2, 0) is 19.5 Å². The number of anilines is 1. The molecule has 0 unspecified atom stereocenters. The Labute approximate surface area is 113 Å². The van der Waals surface area contributed by atoms with Crippen LogP contribution < -0.4 is 4.90 Å². The molecule has 0 aliphatic carbocycles. The fourth-order valence-electron chi connectivity index (χ4n) is 2.02. The summed E-state index contributed by atoms with van der Waals surface area (Å²) < 4.78 is 5.48. The van der Waals surface area contributed by atoms with Gasteiger partial charge >= 0.3 is 0 Å². The van der Waals surface area contributed by atoms with Crippen LogP contribution in [0.25, 0.3) is 0 Å². The maximum absolute atomic E-state index is 4.54. The molecule has 3 nitrogen and oxygen atoms in total. The fourth-order valence-corrected chi connectivity index (χ4v) is 3.17. The number of benzene rings is 1. The Balaban J connectivity index is 1.86. The van der Waals surface area contributed by atoms with Crippen molar-refractivity contribution in [2.24, 2.45) is 0 Å². The Morgan fingerprint density at radius 2 is 2.18 bits per heavy atom. The van der Waals surface area contributed by atoms with Crippen molar-refractivity contribution in [3.05, 3.63) is 39.6 Å². The molecule has 1 aliphatic rings. The maximum atomic E-state index is 4.54. The average Bonchev–Trinajstić information content (AvgIpc) is 2.93. The molecule has 5 heteroatoms. The van der Waals surface area contributed by atoms with E-state index in [0.717, 1.165) is 34.9 Å². The van der Waals surface area contributed by atoms with Crippen molar-refractivity contribution in [2.45, 2.75) is 26.4 Å². The van der Waals surface area contributed by atoms with Crippen LogP contribution in [0, 0.1) is 0 Å². The van der Waals surface area contributed by atoms with Crippen molar-refractivity contribution in [1.82, 2.24) is 9.36 Å². The minimum absolute atomic E-state index is 0.906. The molecule has 0 saturated carbocycles. The number of nitrogens with zero attached hydrogens (tertiary/aromatic N) is 3. The number of halogens is 1. The summed E-state index contributed by atoms with van der Waals surface area (Å²) in [6.07, 6.45) is 0.906. The van der Waals surface area contributed by atoms with Crippen LogP contribution in [0.4, 0.5) is 5.13 Å². The molecule has 1 aliphatic heterocycles. The van der Waals surface area contributed by atoms with Crippen molar-refractivity contribution in [3.63, 3.8) is 0 Å². The van der Waals surface area contributed by atoms with Crippen LogP contribution in [0.15, 0.2) is 22.7 Å². The third-order valence-electron chi connectivity index (χ3n) is 2.93.